The number of phenolic OH excluding ortho intramolecular Hbond substituents is 1. The Bertz CT molecular complexity index is 599. The highest BCUT2D eigenvalue weighted by molar-refractivity contribution is 6.33. The highest BCUT2D eigenvalue weighted by atomic mass is 35.5. The van der Waals surface area contributed by atoms with Gasteiger partial charge in [-0.2, -0.15) is 0 Å². The molecule has 0 fully saturated rings. The summed E-state index contributed by atoms with van der Waals surface area (Å²) in [4.78, 5) is 0. The second-order valence-electron chi connectivity index (χ2n) is 4.41. The first-order valence-corrected chi connectivity index (χ1v) is 6.95. The second kappa shape index (κ2) is 6.64. The predicted molar refractivity (Wildman–Crippen MR) is 82.5 cm³/mol. The molecule has 0 bridgehead atoms. The average molecular weight is 292 g/mol. The Morgan fingerprint density at radius 3 is 2.70 bits per heavy atom. The van der Waals surface area contributed by atoms with E-state index < -0.39 is 0 Å². The normalized spacial score (nSPS) is 12.8. The van der Waals surface area contributed by atoms with Gasteiger partial charge < -0.3 is 15.6 Å². The van der Waals surface area contributed by atoms with Gasteiger partial charge in [0.15, 0.2) is 0 Å². The summed E-state index contributed by atoms with van der Waals surface area (Å²) in [6, 6.07) is 11.1. The van der Waals surface area contributed by atoms with E-state index in [2.05, 4.69) is 11.8 Å². The summed E-state index contributed by atoms with van der Waals surface area (Å²) >= 11 is 6.19. The zero-order valence-electron chi connectivity index (χ0n) is 11.4. The van der Waals surface area contributed by atoms with E-state index in [-0.39, 0.29) is 5.75 Å². The number of ether oxygens (including phenoxy) is 1. The molecule has 3 N–H and O–H groups in total. The highest BCUT2D eigenvalue weighted by Gasteiger charge is 2.17. The van der Waals surface area contributed by atoms with Crippen molar-refractivity contribution in [1.82, 2.24) is 0 Å². The molecular weight excluding hydrogens is 274 g/mol. The van der Waals surface area contributed by atoms with E-state index in [0.29, 0.717) is 5.02 Å². The number of aromatic hydroxyl groups is 1. The van der Waals surface area contributed by atoms with Gasteiger partial charge in [-0.25, -0.2) is 0 Å². The maximum Gasteiger partial charge on any atom is 0.130 e. The van der Waals surface area contributed by atoms with Crippen molar-refractivity contribution in [2.24, 2.45) is 5.73 Å². The molecule has 0 aromatic heterocycles. The largest absolute Gasteiger partial charge is 0.508 e. The van der Waals surface area contributed by atoms with E-state index in [1.807, 2.05) is 18.2 Å². The third-order valence-electron chi connectivity index (χ3n) is 3.18. The molecule has 0 saturated heterocycles. The van der Waals surface area contributed by atoms with E-state index >= 15 is 0 Å². The van der Waals surface area contributed by atoms with Crippen LogP contribution in [-0.4, -0.2) is 18.8 Å². The van der Waals surface area contributed by atoms with Gasteiger partial charge in [0.2, 0.25) is 0 Å². The van der Waals surface area contributed by atoms with Gasteiger partial charge in [-0.15, -0.1) is 0 Å². The van der Waals surface area contributed by atoms with Gasteiger partial charge in [0, 0.05) is 11.1 Å². The third kappa shape index (κ3) is 2.89. The zero-order chi connectivity index (χ0) is 14.5. The molecule has 20 heavy (non-hydrogen) atoms. The second-order valence-corrected chi connectivity index (χ2v) is 4.82. The van der Waals surface area contributed by atoms with Gasteiger partial charge in [0.25, 0.3) is 0 Å². The molecule has 1 aliphatic rings. The van der Waals surface area contributed by atoms with Crippen LogP contribution in [0.25, 0.3) is 11.1 Å². The Hall–Kier alpha value is -1.71. The van der Waals surface area contributed by atoms with Crippen LogP contribution in [0.4, 0.5) is 0 Å². The number of hydrogen-bond donors (Lipinski definition) is 2. The number of aryl methyl sites for hydroxylation is 1. The van der Waals surface area contributed by atoms with Gasteiger partial charge >= 0.3 is 0 Å². The molecule has 3 nitrogen and oxygen atoms in total. The number of halogens is 1. The van der Waals surface area contributed by atoms with E-state index in [4.69, 9.17) is 16.3 Å². The van der Waals surface area contributed by atoms with E-state index in [1.165, 1.54) is 12.6 Å². The van der Waals surface area contributed by atoms with Gasteiger partial charge in [0.1, 0.15) is 11.5 Å². The van der Waals surface area contributed by atoms with E-state index in [9.17, 15) is 5.11 Å². The summed E-state index contributed by atoms with van der Waals surface area (Å²) in [6.07, 6.45) is 2.10. The topological polar surface area (TPSA) is 55.5 Å². The van der Waals surface area contributed by atoms with E-state index in [1.54, 1.807) is 12.1 Å². The third-order valence-corrected chi connectivity index (χ3v) is 3.49. The predicted octanol–water partition coefficient (Wildman–Crippen LogP) is 3.61. The van der Waals surface area contributed by atoms with Crippen LogP contribution < -0.4 is 10.5 Å². The van der Waals surface area contributed by atoms with Crippen LogP contribution in [0.1, 0.15) is 12.0 Å². The van der Waals surface area contributed by atoms with Crippen molar-refractivity contribution < 1.29 is 9.84 Å². The summed E-state index contributed by atoms with van der Waals surface area (Å²) in [5.74, 6) is 1.10. The number of phenols is 1. The van der Waals surface area contributed by atoms with Crippen LogP contribution in [0.5, 0.6) is 11.5 Å². The van der Waals surface area contributed by atoms with Crippen molar-refractivity contribution in [2.45, 2.75) is 12.8 Å². The number of rotatable bonds is 1. The maximum absolute atomic E-state index is 9.41. The molecule has 0 atom stereocenters. The Balaban J connectivity index is 0.000000704. The minimum atomic E-state index is 0.175. The minimum absolute atomic E-state index is 0.175. The maximum atomic E-state index is 9.41. The van der Waals surface area contributed by atoms with Gasteiger partial charge in [-0.1, -0.05) is 29.8 Å². The summed E-state index contributed by atoms with van der Waals surface area (Å²) in [5.41, 5.74) is 7.62. The van der Waals surface area contributed by atoms with Crippen molar-refractivity contribution in [1.29, 1.82) is 0 Å². The lowest BCUT2D eigenvalue weighted by atomic mass is 9.97. The van der Waals surface area contributed by atoms with Crippen LogP contribution in [0.3, 0.4) is 0 Å². The van der Waals surface area contributed by atoms with Crippen LogP contribution in [0, 0.1) is 0 Å². The van der Waals surface area contributed by atoms with Crippen LogP contribution >= 0.6 is 11.6 Å². The summed E-state index contributed by atoms with van der Waals surface area (Å²) in [6.45, 7) is 0.750. The van der Waals surface area contributed by atoms with Crippen molar-refractivity contribution in [2.75, 3.05) is 13.7 Å². The molecule has 0 unspecified atom stereocenters. The molecule has 0 saturated carbocycles. The molecule has 4 heteroatoms. The van der Waals surface area contributed by atoms with E-state index in [0.717, 1.165) is 36.3 Å². The molecule has 1 heterocycles. The lowest BCUT2D eigenvalue weighted by Gasteiger charge is -2.20. The lowest BCUT2D eigenvalue weighted by Crippen LogP contribution is -2.09. The highest BCUT2D eigenvalue weighted by Crippen LogP contribution is 2.40. The van der Waals surface area contributed by atoms with Gasteiger partial charge in [-0.3, -0.25) is 0 Å². The Morgan fingerprint density at radius 2 is 1.95 bits per heavy atom. The fourth-order valence-corrected chi connectivity index (χ4v) is 2.60. The number of nitrogens with two attached hydrogens (primary N) is 1. The molecule has 3 rings (SSSR count). The van der Waals surface area contributed by atoms with Crippen molar-refractivity contribution in [3.8, 4) is 22.6 Å². The minimum Gasteiger partial charge on any atom is -0.508 e. The molecule has 2 aromatic carbocycles. The fraction of sp³-hybridized carbons (Fsp3) is 0.250. The first-order valence-electron chi connectivity index (χ1n) is 6.57. The summed E-state index contributed by atoms with van der Waals surface area (Å²) < 4.78 is 5.77. The average Bonchev–Trinajstić information content (AvgIpc) is 2.49. The van der Waals surface area contributed by atoms with Crippen molar-refractivity contribution in [3.05, 3.63) is 47.0 Å². The molecule has 2 aromatic rings. The van der Waals surface area contributed by atoms with Crippen LogP contribution in [0.2, 0.25) is 5.02 Å². The number of para-hydroxylation sites is 1. The Labute approximate surface area is 123 Å². The van der Waals surface area contributed by atoms with Gasteiger partial charge in [-0.05, 0) is 43.7 Å². The van der Waals surface area contributed by atoms with Crippen LogP contribution in [-0.2, 0) is 6.42 Å². The summed E-state index contributed by atoms with van der Waals surface area (Å²) in [5, 5.41) is 9.95. The Kier molecular flexibility index (Phi) is 4.88. The smallest absolute Gasteiger partial charge is 0.130 e. The SMILES string of the molecule is CN.Oc1ccc(-c2cccc3c2OCCC3)c(Cl)c1. The standard InChI is InChI=1S/C15H13ClO2.CH5N/c16-14-9-11(17)6-7-12(14)13-5-1-3-10-4-2-8-18-15(10)13;1-2/h1,3,5-7,9,17H,2,4,8H2;2H2,1H3. The molecule has 0 aliphatic carbocycles. The number of hydrogen-bond acceptors (Lipinski definition) is 3. The van der Waals surface area contributed by atoms with Gasteiger partial charge in [0.05, 0.1) is 11.6 Å². The monoisotopic (exact) mass is 291 g/mol. The number of fused-ring (bicyclic) bond motifs is 1. The number of benzene rings is 2. The Morgan fingerprint density at radius 1 is 1.15 bits per heavy atom. The first-order chi connectivity index (χ1) is 9.75. The first kappa shape index (κ1) is 14.7. The molecule has 106 valence electrons. The molecule has 0 spiro atoms. The quantitative estimate of drug-likeness (QED) is 0.844. The van der Waals surface area contributed by atoms with Crippen molar-refractivity contribution >= 4 is 11.6 Å². The molecule has 0 amide bonds. The fourth-order valence-electron chi connectivity index (χ4n) is 2.32. The summed E-state index contributed by atoms with van der Waals surface area (Å²) in [7, 11) is 1.50. The molecular formula is C16H18ClNO2. The van der Waals surface area contributed by atoms with Crippen LogP contribution in [0.15, 0.2) is 36.4 Å². The zero-order valence-corrected chi connectivity index (χ0v) is 12.2. The lowest BCUT2D eigenvalue weighted by molar-refractivity contribution is 0.289. The molecule has 1 aliphatic heterocycles. The molecule has 0 radical (unpaired) electrons. The van der Waals surface area contributed by atoms with Crippen molar-refractivity contribution in [3.63, 3.8) is 0 Å².